The molecule has 4 N–H and O–H groups in total. The van der Waals surface area contributed by atoms with Crippen LogP contribution in [-0.2, 0) is 11.3 Å². The molecule has 0 saturated heterocycles. The van der Waals surface area contributed by atoms with Gasteiger partial charge in [-0.05, 0) is 23.6 Å². The van der Waals surface area contributed by atoms with E-state index in [1.54, 1.807) is 6.07 Å². The van der Waals surface area contributed by atoms with Crippen LogP contribution in [0.25, 0.3) is 0 Å². The first kappa shape index (κ1) is 14.4. The predicted molar refractivity (Wildman–Crippen MR) is 67.3 cm³/mol. The molecule has 0 aromatic heterocycles. The van der Waals surface area contributed by atoms with Gasteiger partial charge < -0.3 is 16.2 Å². The Morgan fingerprint density at radius 3 is 2.78 bits per heavy atom. The van der Waals surface area contributed by atoms with Crippen molar-refractivity contribution in [2.45, 2.75) is 32.9 Å². The molecule has 2 atom stereocenters. The molecule has 4 nitrogen and oxygen atoms in total. The molecule has 0 spiro atoms. The molecule has 0 aliphatic rings. The summed E-state index contributed by atoms with van der Waals surface area (Å²) in [6, 6.07) is 3.43. The Balaban J connectivity index is 2.54. The summed E-state index contributed by atoms with van der Waals surface area (Å²) in [4.78, 5) is 11.7. The highest BCUT2D eigenvalue weighted by molar-refractivity contribution is 5.81. The lowest BCUT2D eigenvalue weighted by Gasteiger charge is -2.17. The average molecular weight is 254 g/mol. The van der Waals surface area contributed by atoms with Gasteiger partial charge in [0.15, 0.2) is 11.6 Å². The van der Waals surface area contributed by atoms with Gasteiger partial charge in [0.1, 0.15) is 0 Å². The second kappa shape index (κ2) is 6.35. The maximum absolute atomic E-state index is 13.1. The average Bonchev–Trinajstić information content (AvgIpc) is 2.37. The van der Waals surface area contributed by atoms with E-state index in [1.165, 1.54) is 12.1 Å². The molecule has 1 aromatic carbocycles. The van der Waals surface area contributed by atoms with Crippen molar-refractivity contribution >= 4 is 5.91 Å². The number of carbonyl (C=O) groups is 1. The number of hydrogen-bond donors (Lipinski definition) is 3. The molecule has 0 aliphatic heterocycles. The second-order valence-corrected chi connectivity index (χ2v) is 4.41. The van der Waals surface area contributed by atoms with Crippen molar-refractivity contribution in [1.82, 2.24) is 5.32 Å². The zero-order valence-electron chi connectivity index (χ0n) is 10.6. The molecular weight excluding hydrogens is 235 g/mol. The minimum absolute atomic E-state index is 0.0987. The molecule has 18 heavy (non-hydrogen) atoms. The minimum atomic E-state index is -0.701. The van der Waals surface area contributed by atoms with Gasteiger partial charge in [0.05, 0.1) is 6.04 Å². The van der Waals surface area contributed by atoms with Crippen LogP contribution < -0.4 is 11.1 Å². The Kier molecular flexibility index (Phi) is 5.09. The molecule has 0 bridgehead atoms. The van der Waals surface area contributed by atoms with Crippen LogP contribution >= 0.6 is 0 Å². The van der Waals surface area contributed by atoms with Gasteiger partial charge in [0, 0.05) is 6.54 Å². The molecule has 1 amide bonds. The quantitative estimate of drug-likeness (QED) is 0.745. The Morgan fingerprint density at radius 1 is 1.56 bits per heavy atom. The number of amides is 1. The molecule has 0 heterocycles. The van der Waals surface area contributed by atoms with Crippen molar-refractivity contribution < 1.29 is 14.3 Å². The number of rotatable bonds is 5. The largest absolute Gasteiger partial charge is 0.505 e. The molecule has 2 unspecified atom stereocenters. The number of halogens is 1. The highest BCUT2D eigenvalue weighted by Gasteiger charge is 2.18. The van der Waals surface area contributed by atoms with Crippen LogP contribution in [0.3, 0.4) is 0 Å². The normalized spacial score (nSPS) is 14.0. The van der Waals surface area contributed by atoms with Crippen LogP contribution in [0.15, 0.2) is 18.2 Å². The Hall–Kier alpha value is -1.62. The van der Waals surface area contributed by atoms with Crippen molar-refractivity contribution in [3.63, 3.8) is 0 Å². The summed E-state index contributed by atoms with van der Waals surface area (Å²) in [5, 5.41) is 11.7. The summed E-state index contributed by atoms with van der Waals surface area (Å²) >= 11 is 0. The van der Waals surface area contributed by atoms with Gasteiger partial charge in [-0.25, -0.2) is 4.39 Å². The van der Waals surface area contributed by atoms with Crippen LogP contribution in [0.5, 0.6) is 5.75 Å². The topological polar surface area (TPSA) is 75.4 Å². The number of benzene rings is 1. The van der Waals surface area contributed by atoms with Crippen molar-refractivity contribution in [2.24, 2.45) is 11.7 Å². The van der Waals surface area contributed by atoms with Crippen molar-refractivity contribution in [1.29, 1.82) is 0 Å². The Bertz CT molecular complexity index is 423. The minimum Gasteiger partial charge on any atom is -0.505 e. The van der Waals surface area contributed by atoms with E-state index in [0.29, 0.717) is 5.56 Å². The lowest BCUT2D eigenvalue weighted by Crippen LogP contribution is -2.44. The zero-order valence-corrected chi connectivity index (χ0v) is 10.6. The molecule has 1 aromatic rings. The summed E-state index contributed by atoms with van der Waals surface area (Å²) in [6.45, 7) is 4.07. The lowest BCUT2D eigenvalue weighted by molar-refractivity contribution is -0.123. The first-order chi connectivity index (χ1) is 8.45. The number of phenolic OH excluding ortho intramolecular Hbond substituents is 1. The standard InChI is InChI=1S/C13H19FN2O2/c1-3-8(2)12(15)13(18)16-7-9-4-5-11(17)10(14)6-9/h4-6,8,12,17H,3,7,15H2,1-2H3,(H,16,18). The first-order valence-corrected chi connectivity index (χ1v) is 5.96. The number of carbonyl (C=O) groups excluding carboxylic acids is 1. The van der Waals surface area contributed by atoms with E-state index in [0.717, 1.165) is 6.42 Å². The fourth-order valence-electron chi connectivity index (χ4n) is 1.48. The molecule has 100 valence electrons. The fourth-order valence-corrected chi connectivity index (χ4v) is 1.48. The van der Waals surface area contributed by atoms with Gasteiger partial charge in [-0.15, -0.1) is 0 Å². The van der Waals surface area contributed by atoms with E-state index in [2.05, 4.69) is 5.32 Å². The van der Waals surface area contributed by atoms with Crippen LogP contribution in [0.2, 0.25) is 0 Å². The third-order valence-electron chi connectivity index (χ3n) is 3.04. The van der Waals surface area contributed by atoms with Gasteiger partial charge >= 0.3 is 0 Å². The predicted octanol–water partition coefficient (Wildman–Crippen LogP) is 1.52. The summed E-state index contributed by atoms with van der Waals surface area (Å²) in [6.07, 6.45) is 0.822. The molecule has 5 heteroatoms. The van der Waals surface area contributed by atoms with Gasteiger partial charge in [-0.1, -0.05) is 26.3 Å². The number of hydrogen-bond acceptors (Lipinski definition) is 3. The first-order valence-electron chi connectivity index (χ1n) is 5.96. The van der Waals surface area contributed by atoms with Crippen molar-refractivity contribution in [3.8, 4) is 5.75 Å². The summed E-state index contributed by atoms with van der Waals surface area (Å²) < 4.78 is 13.1. The second-order valence-electron chi connectivity index (χ2n) is 4.41. The monoisotopic (exact) mass is 254 g/mol. The van der Waals surface area contributed by atoms with E-state index in [1.807, 2.05) is 13.8 Å². The van der Waals surface area contributed by atoms with Crippen LogP contribution in [0, 0.1) is 11.7 Å². The van der Waals surface area contributed by atoms with E-state index < -0.39 is 17.6 Å². The van der Waals surface area contributed by atoms with Gasteiger partial charge in [0.2, 0.25) is 5.91 Å². The summed E-state index contributed by atoms with van der Waals surface area (Å²) in [5.41, 5.74) is 6.34. The van der Waals surface area contributed by atoms with E-state index in [4.69, 9.17) is 10.8 Å². The molecule has 0 fully saturated rings. The lowest BCUT2D eigenvalue weighted by atomic mass is 9.99. The maximum atomic E-state index is 13.1. The van der Waals surface area contributed by atoms with E-state index in [-0.39, 0.29) is 18.4 Å². The summed E-state index contributed by atoms with van der Waals surface area (Å²) in [5.74, 6) is -1.26. The van der Waals surface area contributed by atoms with Gasteiger partial charge in [-0.2, -0.15) is 0 Å². The Morgan fingerprint density at radius 2 is 2.22 bits per heavy atom. The third-order valence-corrected chi connectivity index (χ3v) is 3.04. The smallest absolute Gasteiger partial charge is 0.237 e. The van der Waals surface area contributed by atoms with E-state index >= 15 is 0 Å². The molecule has 0 radical (unpaired) electrons. The number of nitrogens with two attached hydrogens (primary N) is 1. The Labute approximate surface area is 106 Å². The molecule has 1 rings (SSSR count). The van der Waals surface area contributed by atoms with Crippen LogP contribution in [0.4, 0.5) is 4.39 Å². The zero-order chi connectivity index (χ0) is 13.7. The summed E-state index contributed by atoms with van der Waals surface area (Å²) in [7, 11) is 0. The fraction of sp³-hybridized carbons (Fsp3) is 0.462. The maximum Gasteiger partial charge on any atom is 0.237 e. The highest BCUT2D eigenvalue weighted by atomic mass is 19.1. The third kappa shape index (κ3) is 3.70. The van der Waals surface area contributed by atoms with Crippen molar-refractivity contribution in [3.05, 3.63) is 29.6 Å². The molecule has 0 aliphatic carbocycles. The van der Waals surface area contributed by atoms with Crippen molar-refractivity contribution in [2.75, 3.05) is 0 Å². The van der Waals surface area contributed by atoms with Gasteiger partial charge in [-0.3, -0.25) is 4.79 Å². The van der Waals surface area contributed by atoms with Crippen LogP contribution in [-0.4, -0.2) is 17.1 Å². The van der Waals surface area contributed by atoms with Crippen LogP contribution in [0.1, 0.15) is 25.8 Å². The number of nitrogens with one attached hydrogen (secondary N) is 1. The van der Waals surface area contributed by atoms with Gasteiger partial charge in [0.25, 0.3) is 0 Å². The number of aromatic hydroxyl groups is 1. The molecule has 0 saturated carbocycles. The number of phenols is 1. The SMILES string of the molecule is CCC(C)C(N)C(=O)NCc1ccc(O)c(F)c1. The molecular formula is C13H19FN2O2. The highest BCUT2D eigenvalue weighted by Crippen LogP contribution is 2.16. The van der Waals surface area contributed by atoms with E-state index in [9.17, 15) is 9.18 Å².